The van der Waals surface area contributed by atoms with Gasteiger partial charge >= 0.3 is 5.92 Å². The molecule has 0 unspecified atom stereocenters. The second kappa shape index (κ2) is 8.44. The lowest BCUT2D eigenvalue weighted by atomic mass is 10.2. The zero-order valence-electron chi connectivity index (χ0n) is 10.1. The summed E-state index contributed by atoms with van der Waals surface area (Å²) in [5.41, 5.74) is 0. The summed E-state index contributed by atoms with van der Waals surface area (Å²) in [6.45, 7) is 4.19. The maximum absolute atomic E-state index is 13.2. The Hall–Kier alpha value is -0.710. The zero-order valence-corrected chi connectivity index (χ0v) is 10.1. The van der Waals surface area contributed by atoms with Gasteiger partial charge in [0.05, 0.1) is 6.54 Å². The van der Waals surface area contributed by atoms with Crippen LogP contribution in [0.3, 0.4) is 0 Å². The number of amides is 1. The van der Waals surface area contributed by atoms with Crippen LogP contribution in [0.5, 0.6) is 0 Å². The Morgan fingerprint density at radius 3 is 2.25 bits per heavy atom. The van der Waals surface area contributed by atoms with Crippen molar-refractivity contribution in [2.24, 2.45) is 0 Å². The summed E-state index contributed by atoms with van der Waals surface area (Å²) in [6.07, 6.45) is 3.39. The third-order valence-electron chi connectivity index (χ3n) is 2.20. The fourth-order valence-corrected chi connectivity index (χ4v) is 1.14. The van der Waals surface area contributed by atoms with Crippen molar-refractivity contribution in [1.29, 1.82) is 0 Å². The lowest BCUT2D eigenvalue weighted by molar-refractivity contribution is -0.144. The van der Waals surface area contributed by atoms with E-state index in [4.69, 9.17) is 0 Å². The Morgan fingerprint density at radius 2 is 1.69 bits per heavy atom. The van der Waals surface area contributed by atoms with Gasteiger partial charge < -0.3 is 10.6 Å². The lowest BCUT2D eigenvalue weighted by Gasteiger charge is -2.16. The molecule has 0 heterocycles. The minimum absolute atomic E-state index is 0.319. The first kappa shape index (κ1) is 15.3. The lowest BCUT2D eigenvalue weighted by Crippen LogP contribution is -2.47. The summed E-state index contributed by atoms with van der Waals surface area (Å²) in [5.74, 6) is -4.48. The van der Waals surface area contributed by atoms with Crippen molar-refractivity contribution < 1.29 is 13.6 Å². The fourth-order valence-electron chi connectivity index (χ4n) is 1.14. The van der Waals surface area contributed by atoms with Gasteiger partial charge in [-0.1, -0.05) is 26.7 Å². The van der Waals surface area contributed by atoms with E-state index in [1.54, 1.807) is 0 Å². The van der Waals surface area contributed by atoms with Crippen LogP contribution in [0.15, 0.2) is 0 Å². The van der Waals surface area contributed by atoms with Crippen molar-refractivity contribution in [2.45, 2.75) is 45.5 Å². The summed E-state index contributed by atoms with van der Waals surface area (Å²) in [4.78, 5) is 11.1. The third kappa shape index (κ3) is 6.71. The van der Waals surface area contributed by atoms with Gasteiger partial charge in [0.25, 0.3) is 5.91 Å². The summed E-state index contributed by atoms with van der Waals surface area (Å²) in [6, 6.07) is 0. The largest absolute Gasteiger partial charge is 0.351 e. The number of carbonyl (C=O) groups is 1. The van der Waals surface area contributed by atoms with Gasteiger partial charge in [0.15, 0.2) is 0 Å². The normalized spacial score (nSPS) is 11.5. The number of rotatable bonds is 9. The minimum Gasteiger partial charge on any atom is -0.351 e. The highest BCUT2D eigenvalue weighted by atomic mass is 19.3. The van der Waals surface area contributed by atoms with Crippen LogP contribution in [-0.4, -0.2) is 31.5 Å². The van der Waals surface area contributed by atoms with Crippen molar-refractivity contribution in [3.05, 3.63) is 0 Å². The SMILES string of the molecule is CCCCNCC(F)(F)C(=O)NCCCC. The molecular weight excluding hydrogens is 214 g/mol. The van der Waals surface area contributed by atoms with E-state index in [9.17, 15) is 13.6 Å². The quantitative estimate of drug-likeness (QED) is 0.601. The van der Waals surface area contributed by atoms with Gasteiger partial charge in [-0.15, -0.1) is 0 Å². The molecule has 0 fully saturated rings. The average molecular weight is 236 g/mol. The molecule has 0 saturated carbocycles. The summed E-state index contributed by atoms with van der Waals surface area (Å²) >= 11 is 0. The molecule has 0 aromatic carbocycles. The van der Waals surface area contributed by atoms with Crippen molar-refractivity contribution in [1.82, 2.24) is 10.6 Å². The Balaban J connectivity index is 3.77. The predicted octanol–water partition coefficient (Wildman–Crippen LogP) is 1.93. The molecule has 0 atom stereocenters. The molecule has 16 heavy (non-hydrogen) atoms. The van der Waals surface area contributed by atoms with Crippen molar-refractivity contribution in [2.75, 3.05) is 19.6 Å². The smallest absolute Gasteiger partial charge is 0.336 e. The molecule has 0 bridgehead atoms. The van der Waals surface area contributed by atoms with E-state index in [0.717, 1.165) is 25.7 Å². The molecule has 1 amide bonds. The van der Waals surface area contributed by atoms with Crippen molar-refractivity contribution >= 4 is 5.91 Å². The second-order valence-corrected chi connectivity index (χ2v) is 3.84. The highest BCUT2D eigenvalue weighted by Gasteiger charge is 2.37. The van der Waals surface area contributed by atoms with E-state index in [-0.39, 0.29) is 0 Å². The second-order valence-electron chi connectivity index (χ2n) is 3.84. The fraction of sp³-hybridized carbons (Fsp3) is 0.909. The topological polar surface area (TPSA) is 41.1 Å². The monoisotopic (exact) mass is 236 g/mol. The summed E-state index contributed by atoms with van der Waals surface area (Å²) in [5, 5.41) is 4.82. The predicted molar refractivity (Wildman–Crippen MR) is 60.6 cm³/mol. The van der Waals surface area contributed by atoms with E-state index in [1.165, 1.54) is 0 Å². The maximum Gasteiger partial charge on any atom is 0.336 e. The van der Waals surface area contributed by atoms with E-state index in [2.05, 4.69) is 10.6 Å². The Kier molecular flexibility index (Phi) is 8.07. The van der Waals surface area contributed by atoms with Gasteiger partial charge in [-0.2, -0.15) is 8.78 Å². The number of halogens is 2. The van der Waals surface area contributed by atoms with Gasteiger partial charge in [0.1, 0.15) is 0 Å². The summed E-state index contributed by atoms with van der Waals surface area (Å²) < 4.78 is 26.4. The maximum atomic E-state index is 13.2. The number of unbranched alkanes of at least 4 members (excludes halogenated alkanes) is 2. The molecule has 3 nitrogen and oxygen atoms in total. The van der Waals surface area contributed by atoms with Crippen LogP contribution in [-0.2, 0) is 4.79 Å². The minimum atomic E-state index is -3.30. The van der Waals surface area contributed by atoms with E-state index < -0.39 is 18.4 Å². The Bertz CT molecular complexity index is 198. The number of alkyl halides is 2. The van der Waals surface area contributed by atoms with Gasteiger partial charge in [0.2, 0.25) is 0 Å². The first-order chi connectivity index (χ1) is 7.54. The Labute approximate surface area is 96.0 Å². The molecule has 0 spiro atoms. The molecule has 0 aliphatic heterocycles. The van der Waals surface area contributed by atoms with E-state index >= 15 is 0 Å². The third-order valence-corrected chi connectivity index (χ3v) is 2.20. The highest BCUT2D eigenvalue weighted by Crippen LogP contribution is 2.11. The standard InChI is InChI=1S/C11H22F2N2O/c1-3-5-7-14-9-11(12,13)10(16)15-8-6-4-2/h14H,3-9H2,1-2H3,(H,15,16). The van der Waals surface area contributed by atoms with Gasteiger partial charge in [0, 0.05) is 6.54 Å². The van der Waals surface area contributed by atoms with Crippen molar-refractivity contribution in [3.63, 3.8) is 0 Å². The van der Waals surface area contributed by atoms with Gasteiger partial charge in [-0.25, -0.2) is 0 Å². The first-order valence-corrected chi connectivity index (χ1v) is 5.91. The first-order valence-electron chi connectivity index (χ1n) is 5.91. The molecule has 0 rings (SSSR count). The molecule has 96 valence electrons. The van der Waals surface area contributed by atoms with E-state index in [0.29, 0.717) is 13.1 Å². The van der Waals surface area contributed by atoms with Crippen LogP contribution in [0.4, 0.5) is 8.78 Å². The molecule has 2 N–H and O–H groups in total. The average Bonchev–Trinajstić information content (AvgIpc) is 2.24. The van der Waals surface area contributed by atoms with Gasteiger partial charge in [-0.3, -0.25) is 4.79 Å². The van der Waals surface area contributed by atoms with Gasteiger partial charge in [-0.05, 0) is 19.4 Å². The number of hydrogen-bond donors (Lipinski definition) is 2. The highest BCUT2D eigenvalue weighted by molar-refractivity contribution is 5.83. The molecule has 0 aliphatic rings. The number of hydrogen-bond acceptors (Lipinski definition) is 2. The van der Waals surface area contributed by atoms with Crippen LogP contribution < -0.4 is 10.6 Å². The summed E-state index contributed by atoms with van der Waals surface area (Å²) in [7, 11) is 0. The van der Waals surface area contributed by atoms with Crippen LogP contribution in [0, 0.1) is 0 Å². The molecule has 0 radical (unpaired) electrons. The molecule has 5 heteroatoms. The molecule has 0 aromatic rings. The molecular formula is C11H22F2N2O. The Morgan fingerprint density at radius 1 is 1.12 bits per heavy atom. The molecule has 0 saturated heterocycles. The molecule has 0 aliphatic carbocycles. The zero-order chi connectivity index (χ0) is 12.4. The van der Waals surface area contributed by atoms with Crippen LogP contribution in [0.1, 0.15) is 39.5 Å². The van der Waals surface area contributed by atoms with Crippen LogP contribution >= 0.6 is 0 Å². The van der Waals surface area contributed by atoms with Crippen LogP contribution in [0.2, 0.25) is 0 Å². The molecule has 0 aromatic heterocycles. The van der Waals surface area contributed by atoms with Crippen molar-refractivity contribution in [3.8, 4) is 0 Å². The van der Waals surface area contributed by atoms with E-state index in [1.807, 2.05) is 13.8 Å². The number of carbonyl (C=O) groups excluding carboxylic acids is 1. The van der Waals surface area contributed by atoms with Crippen LogP contribution in [0.25, 0.3) is 0 Å². The number of nitrogens with one attached hydrogen (secondary N) is 2.